The molecule has 0 unspecified atom stereocenters. The number of fused-ring (bicyclic) bond motifs is 2. The molecule has 1 fully saturated rings. The third-order valence-corrected chi connectivity index (χ3v) is 6.13. The lowest BCUT2D eigenvalue weighted by atomic mass is 9.82. The number of esters is 1. The molecule has 2 aliphatic heterocycles. The van der Waals surface area contributed by atoms with Gasteiger partial charge in [0.15, 0.2) is 0 Å². The van der Waals surface area contributed by atoms with Gasteiger partial charge in [0.05, 0.1) is 11.6 Å². The summed E-state index contributed by atoms with van der Waals surface area (Å²) in [5.74, 6) is -0.174. The molecular formula is C25H23NO2. The van der Waals surface area contributed by atoms with E-state index in [1.54, 1.807) is 0 Å². The van der Waals surface area contributed by atoms with E-state index in [1.165, 1.54) is 11.1 Å². The molecule has 3 aromatic carbocycles. The van der Waals surface area contributed by atoms with Gasteiger partial charge in [0.1, 0.15) is 5.60 Å². The Labute approximate surface area is 165 Å². The van der Waals surface area contributed by atoms with Crippen LogP contribution in [0.15, 0.2) is 84.9 Å². The van der Waals surface area contributed by atoms with E-state index in [-0.39, 0.29) is 12.0 Å². The first-order valence-corrected chi connectivity index (χ1v) is 9.94. The summed E-state index contributed by atoms with van der Waals surface area (Å²) in [5.41, 5.74) is 3.94. The molecule has 2 heterocycles. The Bertz CT molecular complexity index is 936. The van der Waals surface area contributed by atoms with Gasteiger partial charge in [0.2, 0.25) is 0 Å². The second-order valence-electron chi connectivity index (χ2n) is 7.69. The summed E-state index contributed by atoms with van der Waals surface area (Å²) in [7, 11) is 0. The Balaban J connectivity index is 1.44. The van der Waals surface area contributed by atoms with Crippen molar-refractivity contribution >= 4 is 5.97 Å². The van der Waals surface area contributed by atoms with E-state index in [0.717, 1.165) is 37.1 Å². The van der Waals surface area contributed by atoms with Gasteiger partial charge in [-0.15, -0.1) is 0 Å². The molecule has 3 nitrogen and oxygen atoms in total. The minimum atomic E-state index is -0.456. The minimum Gasteiger partial charge on any atom is -0.450 e. The van der Waals surface area contributed by atoms with Crippen LogP contribution in [-0.4, -0.2) is 24.0 Å². The molecule has 0 amide bonds. The normalized spacial score (nSPS) is 18.2. The number of nitrogens with zero attached hydrogens (tertiary/aromatic N) is 1. The lowest BCUT2D eigenvalue weighted by molar-refractivity contribution is -0.0471. The first-order chi connectivity index (χ1) is 13.8. The lowest BCUT2D eigenvalue weighted by Crippen LogP contribution is -2.44. The molecule has 3 aromatic rings. The summed E-state index contributed by atoms with van der Waals surface area (Å²) in [5, 5.41) is 0. The van der Waals surface area contributed by atoms with Crippen LogP contribution in [0.1, 0.15) is 45.9 Å². The molecule has 1 saturated heterocycles. The fraction of sp³-hybridized carbons (Fsp3) is 0.240. The average molecular weight is 369 g/mol. The zero-order valence-corrected chi connectivity index (χ0v) is 15.8. The largest absolute Gasteiger partial charge is 0.450 e. The number of rotatable bonds is 3. The monoisotopic (exact) mass is 369 g/mol. The molecule has 0 atom stereocenters. The van der Waals surface area contributed by atoms with Crippen molar-refractivity contribution in [2.45, 2.75) is 24.5 Å². The molecule has 28 heavy (non-hydrogen) atoms. The highest BCUT2D eigenvalue weighted by Crippen LogP contribution is 2.45. The summed E-state index contributed by atoms with van der Waals surface area (Å²) < 4.78 is 5.93. The molecular weight excluding hydrogens is 346 g/mol. The molecule has 5 rings (SSSR count). The van der Waals surface area contributed by atoms with Gasteiger partial charge < -0.3 is 4.74 Å². The Morgan fingerprint density at radius 1 is 0.750 bits per heavy atom. The number of hydrogen-bond donors (Lipinski definition) is 0. The van der Waals surface area contributed by atoms with Crippen molar-refractivity contribution < 1.29 is 9.53 Å². The van der Waals surface area contributed by atoms with Gasteiger partial charge in [-0.3, -0.25) is 4.90 Å². The first-order valence-electron chi connectivity index (χ1n) is 9.94. The van der Waals surface area contributed by atoms with Crippen molar-refractivity contribution in [2.75, 3.05) is 13.1 Å². The van der Waals surface area contributed by atoms with Crippen LogP contribution in [0.2, 0.25) is 0 Å². The number of benzene rings is 3. The van der Waals surface area contributed by atoms with Crippen molar-refractivity contribution in [3.05, 3.63) is 107 Å². The van der Waals surface area contributed by atoms with Gasteiger partial charge in [0.25, 0.3) is 0 Å². The zero-order valence-electron chi connectivity index (χ0n) is 15.8. The van der Waals surface area contributed by atoms with Crippen molar-refractivity contribution in [3.63, 3.8) is 0 Å². The van der Waals surface area contributed by atoms with Gasteiger partial charge in [-0.05, 0) is 17.2 Å². The summed E-state index contributed by atoms with van der Waals surface area (Å²) in [6.45, 7) is 1.77. The number of likely N-dealkylation sites (tertiary alicyclic amines) is 1. The number of piperidine rings is 1. The summed E-state index contributed by atoms with van der Waals surface area (Å²) in [6.07, 6.45) is 1.65. The summed E-state index contributed by atoms with van der Waals surface area (Å²) >= 11 is 0. The van der Waals surface area contributed by atoms with Crippen LogP contribution in [-0.2, 0) is 10.3 Å². The maximum atomic E-state index is 12.4. The topological polar surface area (TPSA) is 29.5 Å². The smallest absolute Gasteiger partial charge is 0.339 e. The molecule has 0 aliphatic carbocycles. The second-order valence-corrected chi connectivity index (χ2v) is 7.69. The Morgan fingerprint density at radius 3 is 1.89 bits per heavy atom. The van der Waals surface area contributed by atoms with Crippen molar-refractivity contribution in [3.8, 4) is 0 Å². The van der Waals surface area contributed by atoms with E-state index < -0.39 is 5.60 Å². The van der Waals surface area contributed by atoms with Crippen LogP contribution < -0.4 is 0 Å². The van der Waals surface area contributed by atoms with Crippen molar-refractivity contribution in [2.24, 2.45) is 0 Å². The van der Waals surface area contributed by atoms with Crippen LogP contribution in [0.3, 0.4) is 0 Å². The summed E-state index contributed by atoms with van der Waals surface area (Å²) in [4.78, 5) is 14.9. The molecule has 0 N–H and O–H groups in total. The summed E-state index contributed by atoms with van der Waals surface area (Å²) in [6, 6.07) is 29.4. The number of carbonyl (C=O) groups excluding carboxylic acids is 1. The van der Waals surface area contributed by atoms with Crippen molar-refractivity contribution in [1.82, 2.24) is 4.90 Å². The van der Waals surface area contributed by atoms with Gasteiger partial charge in [0, 0.05) is 31.5 Å². The third-order valence-electron chi connectivity index (χ3n) is 6.13. The van der Waals surface area contributed by atoms with Crippen molar-refractivity contribution in [1.29, 1.82) is 0 Å². The van der Waals surface area contributed by atoms with Gasteiger partial charge in [-0.1, -0.05) is 78.9 Å². The van der Waals surface area contributed by atoms with Crippen LogP contribution in [0, 0.1) is 0 Å². The highest BCUT2D eigenvalue weighted by molar-refractivity contribution is 5.94. The van der Waals surface area contributed by atoms with E-state index in [9.17, 15) is 4.79 Å². The molecule has 1 spiro atoms. The van der Waals surface area contributed by atoms with Gasteiger partial charge >= 0.3 is 5.97 Å². The lowest BCUT2D eigenvalue weighted by Gasteiger charge is -2.42. The predicted octanol–water partition coefficient (Wildman–Crippen LogP) is 4.94. The third kappa shape index (κ3) is 2.83. The van der Waals surface area contributed by atoms with E-state index in [1.807, 2.05) is 18.2 Å². The first kappa shape index (κ1) is 17.2. The number of ether oxygens (including phenoxy) is 1. The van der Waals surface area contributed by atoms with Crippen LogP contribution in [0.5, 0.6) is 0 Å². The zero-order chi connectivity index (χ0) is 19.0. The molecule has 0 radical (unpaired) electrons. The molecule has 0 aromatic heterocycles. The quantitative estimate of drug-likeness (QED) is 0.613. The molecule has 0 bridgehead atoms. The maximum absolute atomic E-state index is 12.4. The van der Waals surface area contributed by atoms with Crippen LogP contribution in [0.4, 0.5) is 0 Å². The molecule has 0 saturated carbocycles. The van der Waals surface area contributed by atoms with Gasteiger partial charge in [-0.25, -0.2) is 4.79 Å². The van der Waals surface area contributed by atoms with E-state index in [0.29, 0.717) is 0 Å². The Morgan fingerprint density at radius 2 is 1.29 bits per heavy atom. The van der Waals surface area contributed by atoms with E-state index in [4.69, 9.17) is 4.74 Å². The highest BCUT2D eigenvalue weighted by atomic mass is 16.6. The molecule has 140 valence electrons. The maximum Gasteiger partial charge on any atom is 0.339 e. The minimum absolute atomic E-state index is 0.174. The number of hydrogen-bond acceptors (Lipinski definition) is 3. The Hall–Kier alpha value is -2.91. The predicted molar refractivity (Wildman–Crippen MR) is 109 cm³/mol. The molecule has 3 heteroatoms. The van der Waals surface area contributed by atoms with Gasteiger partial charge in [-0.2, -0.15) is 0 Å². The average Bonchev–Trinajstić information content (AvgIpc) is 3.03. The SMILES string of the molecule is O=C1OC2(CCN(C(c3ccccc3)c3ccccc3)CC2)c2ccccc21. The van der Waals surface area contributed by atoms with E-state index in [2.05, 4.69) is 71.6 Å². The van der Waals surface area contributed by atoms with Crippen LogP contribution >= 0.6 is 0 Å². The Kier molecular flexibility index (Phi) is 4.25. The standard InChI is InChI=1S/C25H23NO2/c27-24-21-13-7-8-14-22(21)25(28-24)15-17-26(18-16-25)23(19-9-3-1-4-10-19)20-11-5-2-6-12-20/h1-14,23H,15-18H2. The molecule has 2 aliphatic rings. The van der Waals surface area contributed by atoms with E-state index >= 15 is 0 Å². The fourth-order valence-corrected chi connectivity index (χ4v) is 4.75. The number of carbonyl (C=O) groups is 1. The highest BCUT2D eigenvalue weighted by Gasteiger charge is 2.47. The van der Waals surface area contributed by atoms with Crippen LogP contribution in [0.25, 0.3) is 0 Å². The second kappa shape index (κ2) is 6.92. The fourth-order valence-electron chi connectivity index (χ4n) is 4.75.